The van der Waals surface area contributed by atoms with Crippen LogP contribution in [0.4, 0.5) is 0 Å². The van der Waals surface area contributed by atoms with E-state index >= 15 is 0 Å². The number of esters is 2. The zero-order valence-corrected chi connectivity index (χ0v) is 29.4. The summed E-state index contributed by atoms with van der Waals surface area (Å²) in [4.78, 5) is 28.3. The molecule has 1 aliphatic heterocycles. The number of halogens is 1. The number of hydrogen-bond donors (Lipinski definition) is 2. The lowest BCUT2D eigenvalue weighted by Gasteiger charge is -2.20. The number of aromatic nitrogens is 2. The average Bonchev–Trinajstić information content (AvgIpc) is 3.73. The summed E-state index contributed by atoms with van der Waals surface area (Å²) < 4.78 is 47.0. The standard InChI is InChI=1S/C32H45ClN3O11P/c1-19(2)11-26(37)43-16-45-48(41,46-17-44-27(38)12-20(3)4)18-42-15-25-28(39)29(40)32(47-25)36-10-9-22-23(13-21-7-5-6-8-21)24(14-34)30(33)35-31(22)36/h9-10,19-21,25,28-29,32,39-40H,5-8,11-13,15-18H2,1-4H3/t25-,28-,29-,32-/m1/s1. The molecule has 0 amide bonds. The number of carbonyl (C=O) groups is 2. The monoisotopic (exact) mass is 713 g/mol. The second-order valence-electron chi connectivity index (χ2n) is 13.1. The van der Waals surface area contributed by atoms with Gasteiger partial charge in [-0.3, -0.25) is 23.2 Å². The van der Waals surface area contributed by atoms with Gasteiger partial charge in [0.1, 0.15) is 41.5 Å². The third-order valence-corrected chi connectivity index (χ3v) is 10.0. The van der Waals surface area contributed by atoms with Crippen LogP contribution < -0.4 is 0 Å². The maximum absolute atomic E-state index is 13.4. The van der Waals surface area contributed by atoms with E-state index in [-0.39, 0.29) is 36.4 Å². The number of pyridine rings is 1. The van der Waals surface area contributed by atoms with E-state index in [4.69, 9.17) is 39.6 Å². The van der Waals surface area contributed by atoms with Crippen molar-refractivity contribution in [2.24, 2.45) is 17.8 Å². The minimum Gasteiger partial charge on any atom is -0.438 e. The van der Waals surface area contributed by atoms with Gasteiger partial charge >= 0.3 is 19.5 Å². The zero-order chi connectivity index (χ0) is 35.0. The molecule has 266 valence electrons. The highest BCUT2D eigenvalue weighted by Crippen LogP contribution is 2.48. The molecule has 1 saturated carbocycles. The number of nitriles is 1. The molecule has 0 spiro atoms. The molecule has 4 atom stereocenters. The minimum absolute atomic E-state index is 0.0348. The van der Waals surface area contributed by atoms with Gasteiger partial charge in [0.15, 0.2) is 6.23 Å². The van der Waals surface area contributed by atoms with E-state index in [0.29, 0.717) is 28.9 Å². The topological polar surface area (TPSA) is 189 Å². The summed E-state index contributed by atoms with van der Waals surface area (Å²) in [5.74, 6) is -0.626. The SMILES string of the molecule is CC(C)CC(=O)OCOP(=O)(COC[C@H]1O[C@@H](n2ccc3c(CC4CCCC4)c(C#N)c(Cl)nc32)[C@H](O)[C@@H]1O)OCOC(=O)CC(C)C. The van der Waals surface area contributed by atoms with Crippen molar-refractivity contribution in [3.05, 3.63) is 28.5 Å². The molecule has 2 aromatic rings. The number of rotatable bonds is 17. The van der Waals surface area contributed by atoms with Crippen molar-refractivity contribution in [2.45, 2.75) is 97.2 Å². The van der Waals surface area contributed by atoms with Gasteiger partial charge in [-0.05, 0) is 35.8 Å². The summed E-state index contributed by atoms with van der Waals surface area (Å²) >= 11 is 6.46. The Labute approximate surface area is 285 Å². The second-order valence-corrected chi connectivity index (χ2v) is 15.4. The van der Waals surface area contributed by atoms with Gasteiger partial charge in [0.2, 0.25) is 13.6 Å². The van der Waals surface area contributed by atoms with Crippen molar-refractivity contribution in [1.82, 2.24) is 9.55 Å². The normalized spacial score (nSPS) is 21.8. The lowest BCUT2D eigenvalue weighted by atomic mass is 9.94. The Morgan fingerprint density at radius 3 is 2.25 bits per heavy atom. The Morgan fingerprint density at radius 1 is 1.08 bits per heavy atom. The lowest BCUT2D eigenvalue weighted by Crippen LogP contribution is -2.34. The van der Waals surface area contributed by atoms with E-state index in [0.717, 1.165) is 31.2 Å². The van der Waals surface area contributed by atoms with Crippen molar-refractivity contribution in [2.75, 3.05) is 26.5 Å². The van der Waals surface area contributed by atoms with Gasteiger partial charge in [0, 0.05) is 24.4 Å². The van der Waals surface area contributed by atoms with Gasteiger partial charge in [0.25, 0.3) is 0 Å². The molecule has 16 heteroatoms. The first-order chi connectivity index (χ1) is 22.8. The third-order valence-electron chi connectivity index (χ3n) is 8.24. The Bertz CT molecular complexity index is 1470. The summed E-state index contributed by atoms with van der Waals surface area (Å²) in [7, 11) is -4.15. The number of aliphatic hydroxyl groups excluding tert-OH is 2. The Balaban J connectivity index is 1.42. The zero-order valence-electron chi connectivity index (χ0n) is 27.7. The molecule has 0 aromatic carbocycles. The maximum Gasteiger partial charge on any atom is 0.361 e. The average molecular weight is 714 g/mol. The van der Waals surface area contributed by atoms with Gasteiger partial charge < -0.3 is 33.7 Å². The van der Waals surface area contributed by atoms with Crippen molar-refractivity contribution in [1.29, 1.82) is 5.26 Å². The molecule has 3 heterocycles. The fourth-order valence-electron chi connectivity index (χ4n) is 5.85. The molecule has 0 bridgehead atoms. The maximum atomic E-state index is 13.4. The van der Waals surface area contributed by atoms with Crippen LogP contribution in [0.1, 0.15) is 83.6 Å². The summed E-state index contributed by atoms with van der Waals surface area (Å²) in [6, 6.07) is 3.98. The molecule has 4 rings (SSSR count). The summed E-state index contributed by atoms with van der Waals surface area (Å²) in [6.45, 7) is 5.61. The van der Waals surface area contributed by atoms with Crippen LogP contribution in [0.5, 0.6) is 0 Å². The summed E-state index contributed by atoms with van der Waals surface area (Å²) in [6.07, 6.45) is 1.38. The van der Waals surface area contributed by atoms with E-state index < -0.39 is 64.0 Å². The summed E-state index contributed by atoms with van der Waals surface area (Å²) in [5.41, 5.74) is 1.52. The number of ether oxygens (including phenoxy) is 4. The van der Waals surface area contributed by atoms with Crippen LogP contribution >= 0.6 is 19.2 Å². The molecule has 2 fully saturated rings. The van der Waals surface area contributed by atoms with Crippen LogP contribution in [0, 0.1) is 29.1 Å². The smallest absolute Gasteiger partial charge is 0.361 e. The first-order valence-electron chi connectivity index (χ1n) is 16.2. The number of aliphatic hydroxyl groups is 2. The largest absolute Gasteiger partial charge is 0.438 e. The van der Waals surface area contributed by atoms with Crippen LogP contribution in [0.15, 0.2) is 12.3 Å². The molecule has 48 heavy (non-hydrogen) atoms. The van der Waals surface area contributed by atoms with E-state index in [1.54, 1.807) is 16.8 Å². The third kappa shape index (κ3) is 9.98. The van der Waals surface area contributed by atoms with Gasteiger partial charge in [-0.2, -0.15) is 5.26 Å². The number of hydrogen-bond acceptors (Lipinski definition) is 13. The molecule has 1 saturated heterocycles. The molecule has 14 nitrogen and oxygen atoms in total. The molecule has 2 aliphatic rings. The molecule has 2 aromatic heterocycles. The van der Waals surface area contributed by atoms with Crippen molar-refractivity contribution >= 4 is 42.2 Å². The molecule has 0 unspecified atom stereocenters. The Morgan fingerprint density at radius 2 is 1.69 bits per heavy atom. The van der Waals surface area contributed by atoms with Crippen LogP contribution in [-0.4, -0.2) is 76.6 Å². The van der Waals surface area contributed by atoms with Crippen molar-refractivity contribution in [3.8, 4) is 6.07 Å². The lowest BCUT2D eigenvalue weighted by molar-refractivity contribution is -0.153. The Kier molecular flexibility index (Phi) is 13.8. The predicted octanol–water partition coefficient (Wildman–Crippen LogP) is 5.21. The predicted molar refractivity (Wildman–Crippen MR) is 172 cm³/mol. The number of carbonyl (C=O) groups excluding carboxylic acids is 2. The first-order valence-corrected chi connectivity index (χ1v) is 18.3. The fraction of sp³-hybridized carbons (Fsp3) is 0.688. The quantitative estimate of drug-likeness (QED) is 0.0942. The van der Waals surface area contributed by atoms with Crippen LogP contribution in [0.3, 0.4) is 0 Å². The Hall–Kier alpha value is -2.60. The molecule has 0 radical (unpaired) electrons. The van der Waals surface area contributed by atoms with E-state index in [2.05, 4.69) is 11.1 Å². The van der Waals surface area contributed by atoms with Gasteiger partial charge in [0.05, 0.1) is 12.2 Å². The highest BCUT2D eigenvalue weighted by atomic mass is 35.5. The molecule has 1 aliphatic carbocycles. The van der Waals surface area contributed by atoms with Crippen LogP contribution in [0.2, 0.25) is 5.15 Å². The fourth-order valence-corrected chi connectivity index (χ4v) is 7.07. The highest BCUT2D eigenvalue weighted by molar-refractivity contribution is 7.53. The van der Waals surface area contributed by atoms with Gasteiger partial charge in [-0.25, -0.2) is 4.98 Å². The number of fused-ring (bicyclic) bond motifs is 1. The first kappa shape index (κ1) is 38.2. The van der Waals surface area contributed by atoms with Gasteiger partial charge in [-0.15, -0.1) is 0 Å². The van der Waals surface area contributed by atoms with Crippen LogP contribution in [-0.2, 0) is 48.6 Å². The van der Waals surface area contributed by atoms with E-state index in [1.165, 1.54) is 0 Å². The van der Waals surface area contributed by atoms with E-state index in [1.807, 2.05) is 27.7 Å². The highest BCUT2D eigenvalue weighted by Gasteiger charge is 2.45. The van der Waals surface area contributed by atoms with E-state index in [9.17, 15) is 29.6 Å². The number of nitrogens with zero attached hydrogens (tertiary/aromatic N) is 3. The van der Waals surface area contributed by atoms with Crippen molar-refractivity contribution < 1.29 is 52.4 Å². The van der Waals surface area contributed by atoms with Crippen molar-refractivity contribution in [3.63, 3.8) is 0 Å². The second kappa shape index (κ2) is 17.4. The molecular weight excluding hydrogens is 669 g/mol. The molecular formula is C32H45ClN3O11P. The molecule has 2 N–H and O–H groups in total. The van der Waals surface area contributed by atoms with Crippen LogP contribution in [0.25, 0.3) is 11.0 Å². The minimum atomic E-state index is -4.15. The van der Waals surface area contributed by atoms with Gasteiger partial charge in [-0.1, -0.05) is 65.0 Å². The summed E-state index contributed by atoms with van der Waals surface area (Å²) in [5, 5.41) is 32.4.